The van der Waals surface area contributed by atoms with Crippen molar-refractivity contribution in [2.45, 2.75) is 18.1 Å². The molecular formula is C25H20Cl2FN3O2S. The molecule has 1 saturated heterocycles. The lowest BCUT2D eigenvalue weighted by Crippen LogP contribution is -2.46. The predicted molar refractivity (Wildman–Crippen MR) is 136 cm³/mol. The molecule has 1 N–H and O–H groups in total. The summed E-state index contributed by atoms with van der Waals surface area (Å²) in [6.45, 7) is 0.412. The molecule has 34 heavy (non-hydrogen) atoms. The van der Waals surface area contributed by atoms with Crippen LogP contribution >= 0.6 is 35.0 Å². The van der Waals surface area contributed by atoms with Crippen LogP contribution in [0.3, 0.4) is 0 Å². The van der Waals surface area contributed by atoms with Crippen LogP contribution in [0.15, 0.2) is 77.8 Å². The number of thioether (sulfide) groups is 1. The van der Waals surface area contributed by atoms with Gasteiger partial charge in [-0.1, -0.05) is 65.3 Å². The van der Waals surface area contributed by atoms with Gasteiger partial charge >= 0.3 is 0 Å². The highest BCUT2D eigenvalue weighted by Gasteiger charge is 2.35. The van der Waals surface area contributed by atoms with Gasteiger partial charge in [-0.15, -0.1) is 0 Å². The van der Waals surface area contributed by atoms with Crippen molar-refractivity contribution in [3.63, 3.8) is 0 Å². The molecule has 1 aliphatic heterocycles. The Morgan fingerprint density at radius 2 is 1.74 bits per heavy atom. The molecule has 1 heterocycles. The zero-order valence-corrected chi connectivity index (χ0v) is 20.2. The summed E-state index contributed by atoms with van der Waals surface area (Å²) in [5.41, 5.74) is 2.02. The van der Waals surface area contributed by atoms with Gasteiger partial charge in [0, 0.05) is 28.7 Å². The SMILES string of the molecule is O=C(Nc1ccc(F)cc1)[C@@H]1CC(=O)N(CCc2ccccc2)C(=Nc2cc(Cl)cc(Cl)c2)S1. The van der Waals surface area contributed by atoms with Crippen LogP contribution in [-0.4, -0.2) is 33.7 Å². The molecule has 0 radical (unpaired) electrons. The number of anilines is 1. The van der Waals surface area contributed by atoms with E-state index in [1.54, 1.807) is 23.1 Å². The first-order valence-electron chi connectivity index (χ1n) is 10.5. The van der Waals surface area contributed by atoms with Crippen LogP contribution in [0.1, 0.15) is 12.0 Å². The largest absolute Gasteiger partial charge is 0.325 e. The third-order valence-corrected chi connectivity index (χ3v) is 6.71. The van der Waals surface area contributed by atoms with Crippen LogP contribution in [-0.2, 0) is 16.0 Å². The Balaban J connectivity index is 1.58. The van der Waals surface area contributed by atoms with E-state index in [2.05, 4.69) is 10.3 Å². The van der Waals surface area contributed by atoms with Gasteiger partial charge in [-0.05, 0) is 54.4 Å². The van der Waals surface area contributed by atoms with E-state index < -0.39 is 11.1 Å². The lowest BCUT2D eigenvalue weighted by molar-refractivity contribution is -0.129. The predicted octanol–water partition coefficient (Wildman–Crippen LogP) is 6.34. The van der Waals surface area contributed by atoms with Gasteiger partial charge in [-0.3, -0.25) is 14.5 Å². The number of nitrogens with one attached hydrogen (secondary N) is 1. The normalized spacial score (nSPS) is 17.1. The summed E-state index contributed by atoms with van der Waals surface area (Å²) in [7, 11) is 0. The monoisotopic (exact) mass is 515 g/mol. The van der Waals surface area contributed by atoms with E-state index in [0.29, 0.717) is 39.6 Å². The minimum Gasteiger partial charge on any atom is -0.325 e. The lowest BCUT2D eigenvalue weighted by Gasteiger charge is -2.32. The number of carbonyl (C=O) groups is 2. The number of aliphatic imine (C=N–C) groups is 1. The average Bonchev–Trinajstić information content (AvgIpc) is 2.80. The van der Waals surface area contributed by atoms with Crippen molar-refractivity contribution in [3.05, 3.63) is 94.2 Å². The van der Waals surface area contributed by atoms with E-state index in [9.17, 15) is 14.0 Å². The molecule has 5 nitrogen and oxygen atoms in total. The number of carbonyl (C=O) groups excluding carboxylic acids is 2. The molecule has 0 unspecified atom stereocenters. The fraction of sp³-hybridized carbons (Fsp3) is 0.160. The summed E-state index contributed by atoms with van der Waals surface area (Å²) >= 11 is 13.4. The molecule has 3 aromatic carbocycles. The zero-order chi connectivity index (χ0) is 24.1. The zero-order valence-electron chi connectivity index (χ0n) is 17.9. The Kier molecular flexibility index (Phi) is 7.88. The van der Waals surface area contributed by atoms with Gasteiger partial charge in [0.25, 0.3) is 0 Å². The number of halogens is 3. The Morgan fingerprint density at radius 1 is 1.06 bits per heavy atom. The summed E-state index contributed by atoms with van der Waals surface area (Å²) < 4.78 is 13.2. The summed E-state index contributed by atoms with van der Waals surface area (Å²) in [5, 5.41) is 3.27. The van der Waals surface area contributed by atoms with Crippen LogP contribution < -0.4 is 5.32 Å². The molecule has 1 fully saturated rings. The van der Waals surface area contributed by atoms with E-state index >= 15 is 0 Å². The second-order valence-electron chi connectivity index (χ2n) is 7.61. The summed E-state index contributed by atoms with van der Waals surface area (Å²) in [6, 6.07) is 20.2. The number of hydrogen-bond donors (Lipinski definition) is 1. The van der Waals surface area contributed by atoms with Gasteiger partial charge in [0.1, 0.15) is 11.1 Å². The Hall–Kier alpha value is -2.87. The third kappa shape index (κ3) is 6.38. The van der Waals surface area contributed by atoms with Gasteiger partial charge in [-0.2, -0.15) is 0 Å². The minimum atomic E-state index is -0.695. The molecule has 0 spiro atoms. The van der Waals surface area contributed by atoms with Crippen LogP contribution in [0.25, 0.3) is 0 Å². The summed E-state index contributed by atoms with van der Waals surface area (Å²) in [4.78, 5) is 32.2. The smallest absolute Gasteiger partial charge is 0.238 e. The fourth-order valence-electron chi connectivity index (χ4n) is 3.42. The van der Waals surface area contributed by atoms with Crippen LogP contribution in [0.5, 0.6) is 0 Å². The second-order valence-corrected chi connectivity index (χ2v) is 9.65. The molecule has 174 valence electrons. The van der Waals surface area contributed by atoms with E-state index in [0.717, 1.165) is 5.56 Å². The van der Waals surface area contributed by atoms with E-state index in [1.807, 2.05) is 30.3 Å². The molecule has 3 aromatic rings. The molecule has 4 rings (SSSR count). The van der Waals surface area contributed by atoms with Crippen molar-refractivity contribution < 1.29 is 14.0 Å². The molecule has 0 aromatic heterocycles. The average molecular weight is 516 g/mol. The molecule has 0 aliphatic carbocycles. The summed E-state index contributed by atoms with van der Waals surface area (Å²) in [5.74, 6) is -0.964. The number of rotatable bonds is 6. The maximum atomic E-state index is 13.2. The van der Waals surface area contributed by atoms with E-state index in [-0.39, 0.29) is 18.2 Å². The van der Waals surface area contributed by atoms with Crippen LogP contribution in [0.4, 0.5) is 15.8 Å². The van der Waals surface area contributed by atoms with Crippen molar-refractivity contribution in [2.75, 3.05) is 11.9 Å². The number of benzene rings is 3. The quantitative estimate of drug-likeness (QED) is 0.416. The maximum absolute atomic E-state index is 13.2. The Labute approximate surface area is 211 Å². The molecule has 1 atom stereocenters. The van der Waals surface area contributed by atoms with Crippen molar-refractivity contribution in [2.24, 2.45) is 4.99 Å². The molecule has 0 saturated carbocycles. The van der Waals surface area contributed by atoms with E-state index in [4.69, 9.17) is 23.2 Å². The van der Waals surface area contributed by atoms with Gasteiger partial charge in [-0.25, -0.2) is 9.38 Å². The van der Waals surface area contributed by atoms with Crippen LogP contribution in [0.2, 0.25) is 10.0 Å². The number of nitrogens with zero attached hydrogens (tertiary/aromatic N) is 2. The van der Waals surface area contributed by atoms with Crippen molar-refractivity contribution in [3.8, 4) is 0 Å². The lowest BCUT2D eigenvalue weighted by atomic mass is 10.1. The van der Waals surface area contributed by atoms with E-state index in [1.165, 1.54) is 36.0 Å². The number of hydrogen-bond acceptors (Lipinski definition) is 4. The standard InChI is InChI=1S/C25H20Cl2FN3O2S/c26-17-12-18(27)14-21(13-17)30-25-31(11-10-16-4-2-1-3-5-16)23(32)15-22(34-25)24(33)29-20-8-6-19(28)7-9-20/h1-9,12-14,22H,10-11,15H2,(H,29,33)/t22-/m0/s1. The highest BCUT2D eigenvalue weighted by molar-refractivity contribution is 8.15. The maximum Gasteiger partial charge on any atom is 0.238 e. The van der Waals surface area contributed by atoms with Gasteiger partial charge in [0.2, 0.25) is 11.8 Å². The molecule has 2 amide bonds. The first-order valence-corrected chi connectivity index (χ1v) is 12.1. The van der Waals surface area contributed by atoms with Crippen LogP contribution in [0, 0.1) is 5.82 Å². The molecule has 1 aliphatic rings. The second kappa shape index (κ2) is 11.0. The van der Waals surface area contributed by atoms with Crippen molar-refractivity contribution >= 4 is 63.3 Å². The molecular weight excluding hydrogens is 496 g/mol. The first-order chi connectivity index (χ1) is 16.4. The highest BCUT2D eigenvalue weighted by atomic mass is 35.5. The topological polar surface area (TPSA) is 61.8 Å². The van der Waals surface area contributed by atoms with Crippen molar-refractivity contribution in [1.29, 1.82) is 0 Å². The Morgan fingerprint density at radius 3 is 2.41 bits per heavy atom. The molecule has 9 heteroatoms. The van der Waals surface area contributed by atoms with Gasteiger partial charge in [0.05, 0.1) is 5.69 Å². The van der Waals surface area contributed by atoms with Gasteiger partial charge < -0.3 is 5.32 Å². The first kappa shape index (κ1) is 24.3. The summed E-state index contributed by atoms with van der Waals surface area (Å²) in [6.07, 6.45) is 0.650. The molecule has 0 bridgehead atoms. The number of amidine groups is 1. The van der Waals surface area contributed by atoms with Gasteiger partial charge in [0.15, 0.2) is 5.17 Å². The number of amides is 2. The minimum absolute atomic E-state index is 0.0157. The fourth-order valence-corrected chi connectivity index (χ4v) is 5.06. The Bertz CT molecular complexity index is 1200. The third-order valence-electron chi connectivity index (χ3n) is 5.08. The van der Waals surface area contributed by atoms with Crippen molar-refractivity contribution in [1.82, 2.24) is 4.90 Å². The highest BCUT2D eigenvalue weighted by Crippen LogP contribution is 2.32.